The summed E-state index contributed by atoms with van der Waals surface area (Å²) in [7, 11) is 1.06. The van der Waals surface area contributed by atoms with E-state index >= 15 is 0 Å². The molecule has 1 heterocycles. The fourth-order valence-electron chi connectivity index (χ4n) is 3.42. The summed E-state index contributed by atoms with van der Waals surface area (Å²) < 4.78 is 10.2. The number of phenolic OH excluding ortho intramolecular Hbond substituents is 1. The van der Waals surface area contributed by atoms with Gasteiger partial charge in [0.1, 0.15) is 35.2 Å². The zero-order chi connectivity index (χ0) is 16.2. The first-order valence-corrected chi connectivity index (χ1v) is 6.85. The predicted octanol–water partition coefficient (Wildman–Crippen LogP) is -0.133. The minimum Gasteiger partial charge on any atom is -0.507 e. The van der Waals surface area contributed by atoms with Gasteiger partial charge in [-0.1, -0.05) is 13.0 Å². The lowest BCUT2D eigenvalue weighted by Gasteiger charge is -2.34. The van der Waals surface area contributed by atoms with Crippen molar-refractivity contribution in [1.29, 1.82) is 0 Å². The topological polar surface area (TPSA) is 113 Å². The molecule has 0 spiro atoms. The van der Waals surface area contributed by atoms with E-state index in [4.69, 9.17) is 4.74 Å². The number of carbonyl (C=O) groups is 2. The van der Waals surface area contributed by atoms with Crippen LogP contribution in [0.2, 0.25) is 0 Å². The minimum atomic E-state index is -2.41. The lowest BCUT2D eigenvalue weighted by molar-refractivity contribution is -0.177. The zero-order valence-electron chi connectivity index (χ0n) is 12.0. The van der Waals surface area contributed by atoms with Crippen LogP contribution >= 0.6 is 0 Å². The molecule has 7 nitrogen and oxygen atoms in total. The Morgan fingerprint density at radius 2 is 2.09 bits per heavy atom. The van der Waals surface area contributed by atoms with E-state index in [2.05, 4.69) is 4.74 Å². The molecule has 0 amide bonds. The van der Waals surface area contributed by atoms with Crippen molar-refractivity contribution in [3.63, 3.8) is 0 Å². The van der Waals surface area contributed by atoms with Crippen LogP contribution in [0.4, 0.5) is 0 Å². The van der Waals surface area contributed by atoms with Crippen LogP contribution in [0.3, 0.4) is 0 Å². The van der Waals surface area contributed by atoms with E-state index in [0.29, 0.717) is 0 Å². The largest absolute Gasteiger partial charge is 0.507 e. The Hall–Kier alpha value is -2.12. The number of Topliss-reactive ketones (excluding diaryl/α,β-unsaturated/α-hetero) is 1. The number of aliphatic hydroxyl groups is 2. The molecule has 2 aliphatic rings. The third kappa shape index (κ3) is 1.63. The van der Waals surface area contributed by atoms with Crippen molar-refractivity contribution in [3.8, 4) is 11.5 Å². The predicted molar refractivity (Wildman–Crippen MR) is 72.5 cm³/mol. The number of phenols is 1. The van der Waals surface area contributed by atoms with Crippen molar-refractivity contribution in [2.45, 2.75) is 24.7 Å². The van der Waals surface area contributed by atoms with Gasteiger partial charge in [-0.15, -0.1) is 0 Å². The van der Waals surface area contributed by atoms with Gasteiger partial charge in [-0.05, 0) is 12.1 Å². The molecule has 0 saturated heterocycles. The average Bonchev–Trinajstić information content (AvgIpc) is 2.69. The number of ketones is 1. The van der Waals surface area contributed by atoms with Gasteiger partial charge < -0.3 is 24.8 Å². The fraction of sp³-hybridized carbons (Fsp3) is 0.467. The molecule has 1 aromatic carbocycles. The van der Waals surface area contributed by atoms with Crippen LogP contribution in [0.15, 0.2) is 18.2 Å². The highest BCUT2D eigenvalue weighted by molar-refractivity contribution is 6.07. The van der Waals surface area contributed by atoms with Crippen LogP contribution in [0, 0.1) is 11.8 Å². The molecule has 1 aliphatic heterocycles. The Labute approximate surface area is 126 Å². The number of rotatable bonds is 1. The third-order valence-electron chi connectivity index (χ3n) is 4.58. The molecule has 7 heteroatoms. The highest BCUT2D eigenvalue weighted by Gasteiger charge is 2.68. The number of methoxy groups -OCH3 is 1. The second-order valence-electron chi connectivity index (χ2n) is 5.70. The summed E-state index contributed by atoms with van der Waals surface area (Å²) in [6, 6.07) is 4.34. The lowest BCUT2D eigenvalue weighted by Crippen LogP contribution is -2.56. The van der Waals surface area contributed by atoms with Gasteiger partial charge >= 0.3 is 5.97 Å². The Morgan fingerprint density at radius 3 is 2.73 bits per heavy atom. The van der Waals surface area contributed by atoms with Crippen molar-refractivity contribution in [2.24, 2.45) is 11.8 Å². The maximum Gasteiger partial charge on any atom is 0.341 e. The zero-order valence-corrected chi connectivity index (χ0v) is 12.0. The van der Waals surface area contributed by atoms with Gasteiger partial charge in [0.15, 0.2) is 5.78 Å². The first kappa shape index (κ1) is 14.8. The monoisotopic (exact) mass is 308 g/mol. The molecule has 1 aromatic rings. The molecule has 0 bridgehead atoms. The number of hydrogen-bond donors (Lipinski definition) is 3. The third-order valence-corrected chi connectivity index (χ3v) is 4.58. The van der Waals surface area contributed by atoms with E-state index in [0.717, 1.165) is 7.11 Å². The van der Waals surface area contributed by atoms with Gasteiger partial charge in [0, 0.05) is 5.92 Å². The Morgan fingerprint density at radius 1 is 1.41 bits per heavy atom. The number of benzene rings is 1. The SMILES string of the molecule is COC(=O)[C@@]1(O)[C@H](O)[C@H](C)[C@H]2Oc3cccc(O)c3C(=O)[C@H]21. The molecule has 1 aliphatic carbocycles. The van der Waals surface area contributed by atoms with E-state index in [1.54, 1.807) is 6.92 Å². The molecular weight excluding hydrogens is 292 g/mol. The van der Waals surface area contributed by atoms with Crippen LogP contribution in [-0.2, 0) is 9.53 Å². The van der Waals surface area contributed by atoms with E-state index < -0.39 is 41.4 Å². The Kier molecular flexibility index (Phi) is 3.15. The number of fused-ring (bicyclic) bond motifs is 2. The van der Waals surface area contributed by atoms with Crippen molar-refractivity contribution in [2.75, 3.05) is 7.11 Å². The summed E-state index contributed by atoms with van der Waals surface area (Å²) in [6.07, 6.45) is -2.41. The summed E-state index contributed by atoms with van der Waals surface area (Å²) in [6.45, 7) is 1.57. The second-order valence-corrected chi connectivity index (χ2v) is 5.70. The molecule has 0 unspecified atom stereocenters. The van der Waals surface area contributed by atoms with Gasteiger partial charge in [-0.3, -0.25) is 4.79 Å². The van der Waals surface area contributed by atoms with Crippen LogP contribution in [0.5, 0.6) is 11.5 Å². The highest BCUT2D eigenvalue weighted by atomic mass is 16.5. The molecule has 1 saturated carbocycles. The summed E-state index contributed by atoms with van der Waals surface area (Å²) in [4.78, 5) is 24.7. The first-order valence-electron chi connectivity index (χ1n) is 6.85. The molecule has 1 fully saturated rings. The quantitative estimate of drug-likeness (QED) is 0.619. The normalized spacial score (nSPS) is 36.3. The van der Waals surface area contributed by atoms with E-state index in [9.17, 15) is 24.9 Å². The summed E-state index contributed by atoms with van der Waals surface area (Å²) in [5, 5.41) is 30.8. The Balaban J connectivity index is 2.17. The number of aliphatic hydroxyl groups excluding tert-OH is 1. The van der Waals surface area contributed by atoms with Crippen molar-refractivity contribution in [3.05, 3.63) is 23.8 Å². The molecule has 22 heavy (non-hydrogen) atoms. The van der Waals surface area contributed by atoms with Gasteiger partial charge in [0.2, 0.25) is 5.60 Å². The van der Waals surface area contributed by atoms with Gasteiger partial charge in [0.25, 0.3) is 0 Å². The lowest BCUT2D eigenvalue weighted by atomic mass is 9.80. The smallest absolute Gasteiger partial charge is 0.341 e. The van der Waals surface area contributed by atoms with Crippen LogP contribution in [0.1, 0.15) is 17.3 Å². The molecule has 5 atom stereocenters. The van der Waals surface area contributed by atoms with E-state index in [1.807, 2.05) is 0 Å². The van der Waals surface area contributed by atoms with Crippen molar-refractivity contribution >= 4 is 11.8 Å². The summed E-state index contributed by atoms with van der Waals surface area (Å²) >= 11 is 0. The molecule has 118 valence electrons. The molecule has 3 N–H and O–H groups in total. The standard InChI is InChI=1S/C15H16O7/c1-6-12-10(15(20,13(6)18)14(19)21-2)11(17)9-7(16)4-3-5-8(9)22-12/h3-6,10,12-13,16,18,20H,1-2H3/t6-,10-,12-,13-,15+/m1/s1. The van der Waals surface area contributed by atoms with Crippen LogP contribution < -0.4 is 4.74 Å². The fourth-order valence-corrected chi connectivity index (χ4v) is 3.42. The summed E-state index contributed by atoms with van der Waals surface area (Å²) in [5.74, 6) is -3.91. The van der Waals surface area contributed by atoms with Crippen LogP contribution in [0.25, 0.3) is 0 Å². The van der Waals surface area contributed by atoms with Gasteiger partial charge in [-0.25, -0.2) is 4.79 Å². The molecule has 3 rings (SSSR count). The van der Waals surface area contributed by atoms with Crippen molar-refractivity contribution < 1.29 is 34.4 Å². The number of hydrogen-bond acceptors (Lipinski definition) is 7. The first-order chi connectivity index (χ1) is 10.3. The number of esters is 1. The Bertz CT molecular complexity index is 655. The van der Waals surface area contributed by atoms with Crippen LogP contribution in [-0.4, -0.2) is 52.0 Å². The maximum absolute atomic E-state index is 12.7. The average molecular weight is 308 g/mol. The molecule has 0 radical (unpaired) electrons. The summed E-state index contributed by atoms with van der Waals surface area (Å²) in [5.41, 5.74) is -2.51. The minimum absolute atomic E-state index is 0.104. The molecular formula is C15H16O7. The maximum atomic E-state index is 12.7. The number of ether oxygens (including phenoxy) is 2. The van der Waals surface area contributed by atoms with E-state index in [1.165, 1.54) is 18.2 Å². The van der Waals surface area contributed by atoms with E-state index in [-0.39, 0.29) is 17.1 Å². The number of aromatic hydroxyl groups is 1. The highest BCUT2D eigenvalue weighted by Crippen LogP contribution is 2.49. The van der Waals surface area contributed by atoms with Gasteiger partial charge in [0.05, 0.1) is 7.11 Å². The van der Waals surface area contributed by atoms with Gasteiger partial charge in [-0.2, -0.15) is 0 Å². The number of carbonyl (C=O) groups excluding carboxylic acids is 2. The molecule has 0 aromatic heterocycles. The van der Waals surface area contributed by atoms with Crippen molar-refractivity contribution in [1.82, 2.24) is 0 Å². The second kappa shape index (κ2) is 4.69.